The fraction of sp³-hybridized carbons (Fsp3) is 0.381. The molecule has 27 heavy (non-hydrogen) atoms. The molecule has 0 bridgehead atoms. The topological polar surface area (TPSA) is 53.6 Å². The van der Waals surface area contributed by atoms with Crippen LogP contribution in [0.1, 0.15) is 18.1 Å². The number of halogens is 1. The van der Waals surface area contributed by atoms with Gasteiger partial charge in [-0.25, -0.2) is 0 Å². The van der Waals surface area contributed by atoms with Gasteiger partial charge in [0.2, 0.25) is 5.91 Å². The Labute approximate surface area is 169 Å². The largest absolute Gasteiger partial charge is 0.379 e. The van der Waals surface area contributed by atoms with Gasteiger partial charge in [0.25, 0.3) is 0 Å². The van der Waals surface area contributed by atoms with Crippen molar-refractivity contribution in [3.63, 3.8) is 0 Å². The van der Waals surface area contributed by atoms with Crippen LogP contribution >= 0.6 is 15.9 Å². The first-order valence-corrected chi connectivity index (χ1v) is 10.1. The molecule has 1 aliphatic heterocycles. The van der Waals surface area contributed by atoms with Crippen molar-refractivity contribution < 1.29 is 9.53 Å². The second kappa shape index (κ2) is 9.99. The van der Waals surface area contributed by atoms with Gasteiger partial charge in [-0.3, -0.25) is 9.69 Å². The minimum absolute atomic E-state index is 0.0428. The third kappa shape index (κ3) is 6.14. The molecular weight excluding hydrogens is 406 g/mol. The van der Waals surface area contributed by atoms with E-state index in [1.807, 2.05) is 37.3 Å². The van der Waals surface area contributed by atoms with E-state index in [2.05, 4.69) is 49.7 Å². The molecule has 1 saturated heterocycles. The summed E-state index contributed by atoms with van der Waals surface area (Å²) >= 11 is 3.42. The van der Waals surface area contributed by atoms with Gasteiger partial charge in [0.05, 0.1) is 19.3 Å². The summed E-state index contributed by atoms with van der Waals surface area (Å²) in [6, 6.07) is 15.7. The molecule has 6 heteroatoms. The van der Waals surface area contributed by atoms with Gasteiger partial charge in [-0.15, -0.1) is 0 Å². The predicted octanol–water partition coefficient (Wildman–Crippen LogP) is 3.40. The number of ether oxygens (including phenoxy) is 1. The highest BCUT2D eigenvalue weighted by Gasteiger charge is 2.15. The van der Waals surface area contributed by atoms with Crippen LogP contribution in [0.25, 0.3) is 0 Å². The number of nitrogens with zero attached hydrogens (tertiary/aromatic N) is 1. The smallest absolute Gasteiger partial charge is 0.241 e. The quantitative estimate of drug-likeness (QED) is 0.705. The van der Waals surface area contributed by atoms with Crippen LogP contribution in [0.2, 0.25) is 0 Å². The van der Waals surface area contributed by atoms with Crippen LogP contribution in [0.3, 0.4) is 0 Å². The first kappa shape index (κ1) is 20.0. The van der Waals surface area contributed by atoms with Crippen molar-refractivity contribution in [3.8, 4) is 0 Å². The summed E-state index contributed by atoms with van der Waals surface area (Å²) in [7, 11) is 0. The van der Waals surface area contributed by atoms with Crippen LogP contribution in [-0.2, 0) is 22.6 Å². The number of amides is 1. The summed E-state index contributed by atoms with van der Waals surface area (Å²) in [6.45, 7) is 6.99. The standard InChI is InChI=1S/C21H26BrN3O2/c1-16(21(26)24-20-8-4-7-19(22)13-20)23-14-17-5-2-3-6-18(17)15-25-9-11-27-12-10-25/h2-8,13,16,23H,9-12,14-15H2,1H3,(H,24,26). The summed E-state index contributed by atoms with van der Waals surface area (Å²) < 4.78 is 6.37. The molecule has 3 rings (SSSR count). The van der Waals surface area contributed by atoms with E-state index >= 15 is 0 Å². The fourth-order valence-electron chi connectivity index (χ4n) is 3.06. The second-order valence-corrected chi connectivity index (χ2v) is 7.68. The molecule has 0 saturated carbocycles. The number of hydrogen-bond donors (Lipinski definition) is 2. The molecule has 1 fully saturated rings. The first-order chi connectivity index (χ1) is 13.1. The molecule has 0 radical (unpaired) electrons. The van der Waals surface area contributed by atoms with Crippen molar-refractivity contribution in [2.75, 3.05) is 31.6 Å². The zero-order valence-electron chi connectivity index (χ0n) is 15.6. The Bertz CT molecular complexity index is 763. The zero-order valence-corrected chi connectivity index (χ0v) is 17.2. The van der Waals surface area contributed by atoms with E-state index in [1.54, 1.807) is 0 Å². The molecule has 1 unspecified atom stereocenters. The van der Waals surface area contributed by atoms with Crippen molar-refractivity contribution in [2.24, 2.45) is 0 Å². The molecule has 2 aromatic carbocycles. The molecule has 1 heterocycles. The molecule has 0 aliphatic carbocycles. The Hall–Kier alpha value is -1.73. The van der Waals surface area contributed by atoms with Gasteiger partial charge in [0.15, 0.2) is 0 Å². The lowest BCUT2D eigenvalue weighted by atomic mass is 10.1. The predicted molar refractivity (Wildman–Crippen MR) is 112 cm³/mol. The van der Waals surface area contributed by atoms with E-state index < -0.39 is 0 Å². The zero-order chi connectivity index (χ0) is 19.1. The van der Waals surface area contributed by atoms with Gasteiger partial charge in [0, 0.05) is 36.3 Å². The van der Waals surface area contributed by atoms with Gasteiger partial charge in [0.1, 0.15) is 0 Å². The molecule has 2 N–H and O–H groups in total. The summed E-state index contributed by atoms with van der Waals surface area (Å²) in [4.78, 5) is 14.8. The van der Waals surface area contributed by atoms with Crippen LogP contribution < -0.4 is 10.6 Å². The maximum absolute atomic E-state index is 12.4. The number of carbonyl (C=O) groups is 1. The normalized spacial score (nSPS) is 16.1. The van der Waals surface area contributed by atoms with Gasteiger partial charge >= 0.3 is 0 Å². The minimum atomic E-state index is -0.291. The van der Waals surface area contributed by atoms with Crippen LogP contribution in [0.4, 0.5) is 5.69 Å². The SMILES string of the molecule is CC(NCc1ccccc1CN1CCOCC1)C(=O)Nc1cccc(Br)c1. The molecule has 0 spiro atoms. The highest BCUT2D eigenvalue weighted by atomic mass is 79.9. The number of rotatable bonds is 7. The summed E-state index contributed by atoms with van der Waals surface area (Å²) in [6.07, 6.45) is 0. The number of carbonyl (C=O) groups excluding carboxylic acids is 1. The van der Waals surface area contributed by atoms with Crippen LogP contribution in [0.5, 0.6) is 0 Å². The minimum Gasteiger partial charge on any atom is -0.379 e. The molecular formula is C21H26BrN3O2. The first-order valence-electron chi connectivity index (χ1n) is 9.28. The highest BCUT2D eigenvalue weighted by molar-refractivity contribution is 9.10. The summed E-state index contributed by atoms with van der Waals surface area (Å²) in [5.74, 6) is -0.0428. The lowest BCUT2D eigenvalue weighted by Crippen LogP contribution is -2.38. The monoisotopic (exact) mass is 431 g/mol. The Balaban J connectivity index is 1.55. The molecule has 5 nitrogen and oxygen atoms in total. The maximum atomic E-state index is 12.4. The van der Waals surface area contributed by atoms with Crippen LogP contribution in [0.15, 0.2) is 53.0 Å². The number of hydrogen-bond acceptors (Lipinski definition) is 4. The Kier molecular flexibility index (Phi) is 7.41. The third-order valence-electron chi connectivity index (χ3n) is 4.70. The molecule has 1 atom stereocenters. The summed E-state index contributed by atoms with van der Waals surface area (Å²) in [5, 5.41) is 6.29. The van der Waals surface area contributed by atoms with E-state index in [-0.39, 0.29) is 11.9 Å². The van der Waals surface area contributed by atoms with E-state index in [0.29, 0.717) is 6.54 Å². The Morgan fingerprint density at radius 2 is 1.89 bits per heavy atom. The average Bonchev–Trinajstić information content (AvgIpc) is 2.68. The molecule has 1 amide bonds. The van der Waals surface area contributed by atoms with E-state index in [4.69, 9.17) is 4.74 Å². The molecule has 144 valence electrons. The van der Waals surface area contributed by atoms with Crippen molar-refractivity contribution >= 4 is 27.5 Å². The lowest BCUT2D eigenvalue weighted by molar-refractivity contribution is -0.117. The van der Waals surface area contributed by atoms with Crippen molar-refractivity contribution in [3.05, 3.63) is 64.1 Å². The van der Waals surface area contributed by atoms with Crippen molar-refractivity contribution in [1.82, 2.24) is 10.2 Å². The van der Waals surface area contributed by atoms with E-state index in [0.717, 1.165) is 43.0 Å². The van der Waals surface area contributed by atoms with Gasteiger partial charge < -0.3 is 15.4 Å². The van der Waals surface area contributed by atoms with E-state index in [1.165, 1.54) is 11.1 Å². The van der Waals surface area contributed by atoms with Gasteiger partial charge in [-0.05, 0) is 36.2 Å². The Morgan fingerprint density at radius 3 is 2.63 bits per heavy atom. The maximum Gasteiger partial charge on any atom is 0.241 e. The second-order valence-electron chi connectivity index (χ2n) is 6.76. The molecule has 0 aromatic heterocycles. The van der Waals surface area contributed by atoms with Crippen LogP contribution in [0, 0.1) is 0 Å². The van der Waals surface area contributed by atoms with Crippen molar-refractivity contribution in [2.45, 2.75) is 26.1 Å². The van der Waals surface area contributed by atoms with Crippen molar-refractivity contribution in [1.29, 1.82) is 0 Å². The van der Waals surface area contributed by atoms with Crippen LogP contribution in [-0.4, -0.2) is 43.2 Å². The lowest BCUT2D eigenvalue weighted by Gasteiger charge is -2.27. The molecule has 1 aliphatic rings. The number of benzene rings is 2. The fourth-order valence-corrected chi connectivity index (χ4v) is 3.46. The van der Waals surface area contributed by atoms with Gasteiger partial charge in [-0.2, -0.15) is 0 Å². The van der Waals surface area contributed by atoms with E-state index in [9.17, 15) is 4.79 Å². The third-order valence-corrected chi connectivity index (χ3v) is 5.19. The Morgan fingerprint density at radius 1 is 1.15 bits per heavy atom. The summed E-state index contributed by atoms with van der Waals surface area (Å²) in [5.41, 5.74) is 3.31. The number of morpholine rings is 1. The number of nitrogens with one attached hydrogen (secondary N) is 2. The average molecular weight is 432 g/mol. The highest BCUT2D eigenvalue weighted by Crippen LogP contribution is 2.16. The van der Waals surface area contributed by atoms with Gasteiger partial charge in [-0.1, -0.05) is 46.3 Å². The number of anilines is 1. The molecule has 2 aromatic rings.